The smallest absolute Gasteiger partial charge is 0.416 e. The van der Waals surface area contributed by atoms with E-state index in [1.54, 1.807) is 4.90 Å². The molecule has 2 aliphatic rings. The number of benzene rings is 2. The van der Waals surface area contributed by atoms with Gasteiger partial charge in [0.05, 0.1) is 5.56 Å². The monoisotopic (exact) mass is 515 g/mol. The summed E-state index contributed by atoms with van der Waals surface area (Å²) in [6.45, 7) is 12.8. The van der Waals surface area contributed by atoms with Crippen LogP contribution in [0.15, 0.2) is 36.4 Å². The van der Waals surface area contributed by atoms with E-state index >= 15 is 0 Å². The van der Waals surface area contributed by atoms with Crippen LogP contribution in [-0.2, 0) is 6.18 Å². The summed E-state index contributed by atoms with van der Waals surface area (Å²) in [5.41, 5.74) is 2.87. The molecule has 3 atom stereocenters. The molecule has 0 aliphatic carbocycles. The van der Waals surface area contributed by atoms with Gasteiger partial charge in [-0.15, -0.1) is 0 Å². The van der Waals surface area contributed by atoms with Crippen molar-refractivity contribution in [3.8, 4) is 5.75 Å². The minimum absolute atomic E-state index is 0.00687. The van der Waals surface area contributed by atoms with Gasteiger partial charge in [-0.2, -0.15) is 13.2 Å². The zero-order chi connectivity index (χ0) is 26.7. The predicted octanol–water partition coefficient (Wildman–Crippen LogP) is 5.03. The summed E-state index contributed by atoms with van der Waals surface area (Å²) in [6.07, 6.45) is -2.25. The number of aliphatic hydroxyl groups excluding tert-OH is 1. The summed E-state index contributed by atoms with van der Waals surface area (Å²) in [7, 11) is 0. The minimum Gasteiger partial charge on any atom is -0.490 e. The first-order valence-corrected chi connectivity index (χ1v) is 12.6. The van der Waals surface area contributed by atoms with Crippen LogP contribution in [0.1, 0.15) is 57.9 Å². The SMILES string of the molecule is [C-]#[N+]C[C@@H](O)COc1ccc([C@H]2CCC[C@H]3CN(C(=O)c4ccc(C(F)(F)F)cc4)CCN32)c(C)c1C. The maximum Gasteiger partial charge on any atom is 0.416 e. The summed E-state index contributed by atoms with van der Waals surface area (Å²) >= 11 is 0. The van der Waals surface area contributed by atoms with Crippen molar-refractivity contribution in [1.82, 2.24) is 9.80 Å². The Bertz CT molecular complexity index is 1160. The Morgan fingerprint density at radius 2 is 1.86 bits per heavy atom. The van der Waals surface area contributed by atoms with Crippen molar-refractivity contribution in [2.75, 3.05) is 32.8 Å². The minimum atomic E-state index is -4.43. The van der Waals surface area contributed by atoms with E-state index in [-0.39, 0.29) is 36.7 Å². The van der Waals surface area contributed by atoms with Crippen LogP contribution in [0.3, 0.4) is 0 Å². The number of hydrogen-bond acceptors (Lipinski definition) is 4. The average Bonchev–Trinajstić information content (AvgIpc) is 2.88. The van der Waals surface area contributed by atoms with E-state index in [0.29, 0.717) is 25.4 Å². The zero-order valence-corrected chi connectivity index (χ0v) is 21.1. The number of fused-ring (bicyclic) bond motifs is 1. The third kappa shape index (κ3) is 5.91. The van der Waals surface area contributed by atoms with Crippen LogP contribution in [0.5, 0.6) is 5.75 Å². The first kappa shape index (κ1) is 27.0. The lowest BCUT2D eigenvalue weighted by atomic mass is 9.86. The number of hydrogen-bond donors (Lipinski definition) is 1. The van der Waals surface area contributed by atoms with Gasteiger partial charge in [0.15, 0.2) is 6.10 Å². The largest absolute Gasteiger partial charge is 0.490 e. The Kier molecular flexibility index (Phi) is 8.10. The molecule has 2 fully saturated rings. The molecule has 0 unspecified atom stereocenters. The number of rotatable bonds is 6. The molecule has 0 spiro atoms. The molecule has 2 aliphatic heterocycles. The third-order valence-electron chi connectivity index (χ3n) is 7.56. The van der Waals surface area contributed by atoms with E-state index in [4.69, 9.17) is 11.3 Å². The van der Waals surface area contributed by atoms with Crippen molar-refractivity contribution in [2.24, 2.45) is 0 Å². The Morgan fingerprint density at radius 1 is 1.14 bits per heavy atom. The van der Waals surface area contributed by atoms with Gasteiger partial charge in [-0.3, -0.25) is 9.69 Å². The third-order valence-corrected chi connectivity index (χ3v) is 7.56. The van der Waals surface area contributed by atoms with E-state index in [9.17, 15) is 23.1 Å². The van der Waals surface area contributed by atoms with Crippen LogP contribution in [0, 0.1) is 20.4 Å². The summed E-state index contributed by atoms with van der Waals surface area (Å²) in [6, 6.07) is 8.85. The average molecular weight is 516 g/mol. The van der Waals surface area contributed by atoms with Crippen LogP contribution in [-0.4, -0.2) is 65.7 Å². The molecule has 198 valence electrons. The molecule has 1 amide bonds. The van der Waals surface area contributed by atoms with Crippen molar-refractivity contribution >= 4 is 5.91 Å². The van der Waals surface area contributed by atoms with Crippen molar-refractivity contribution in [2.45, 2.75) is 57.5 Å². The Labute approximate surface area is 215 Å². The van der Waals surface area contributed by atoms with Gasteiger partial charge in [0, 0.05) is 37.3 Å². The number of carbonyl (C=O) groups excluding carboxylic acids is 1. The topological polar surface area (TPSA) is 57.4 Å². The highest BCUT2D eigenvalue weighted by Gasteiger charge is 2.38. The van der Waals surface area contributed by atoms with Gasteiger partial charge in [0.2, 0.25) is 6.54 Å². The first-order valence-electron chi connectivity index (χ1n) is 12.6. The zero-order valence-electron chi connectivity index (χ0n) is 21.1. The molecule has 6 nitrogen and oxygen atoms in total. The number of ether oxygens (including phenoxy) is 1. The maximum atomic E-state index is 13.1. The van der Waals surface area contributed by atoms with Crippen LogP contribution in [0.4, 0.5) is 13.2 Å². The van der Waals surface area contributed by atoms with Crippen LogP contribution >= 0.6 is 0 Å². The summed E-state index contributed by atoms with van der Waals surface area (Å²) < 4.78 is 44.4. The van der Waals surface area contributed by atoms with Gasteiger partial charge in [0.1, 0.15) is 12.4 Å². The van der Waals surface area contributed by atoms with Crippen molar-refractivity contribution in [3.63, 3.8) is 0 Å². The lowest BCUT2D eigenvalue weighted by Gasteiger charge is -2.49. The van der Waals surface area contributed by atoms with E-state index in [1.807, 2.05) is 13.0 Å². The van der Waals surface area contributed by atoms with Crippen LogP contribution in [0.25, 0.3) is 4.85 Å². The molecular weight excluding hydrogens is 483 g/mol. The molecule has 9 heteroatoms. The van der Waals surface area contributed by atoms with Gasteiger partial charge < -0.3 is 19.6 Å². The van der Waals surface area contributed by atoms with E-state index < -0.39 is 17.8 Å². The number of piperidine rings is 1. The molecule has 2 aromatic rings. The quantitative estimate of drug-likeness (QED) is 0.549. The highest BCUT2D eigenvalue weighted by Crippen LogP contribution is 2.39. The molecule has 0 bridgehead atoms. The van der Waals surface area contributed by atoms with Crippen LogP contribution in [0.2, 0.25) is 0 Å². The lowest BCUT2D eigenvalue weighted by Crippen LogP contribution is -2.57. The number of aliphatic hydroxyl groups is 1. The van der Waals surface area contributed by atoms with Crippen molar-refractivity contribution < 1.29 is 27.8 Å². The number of alkyl halides is 3. The molecule has 2 heterocycles. The highest BCUT2D eigenvalue weighted by atomic mass is 19.4. The number of nitrogens with zero attached hydrogens (tertiary/aromatic N) is 3. The van der Waals surface area contributed by atoms with Gasteiger partial charge in [-0.25, -0.2) is 6.57 Å². The van der Waals surface area contributed by atoms with Crippen LogP contribution < -0.4 is 4.74 Å². The molecule has 0 aromatic heterocycles. The number of piperazine rings is 1. The standard InChI is InChI=1S/C28H32F3N3O3/c1-18-19(2)26(37-17-23(35)15-32-3)12-11-24(18)25-6-4-5-22-16-33(13-14-34(22)25)27(36)20-7-9-21(10-8-20)28(29,30)31/h7-12,22-23,25,35H,4-6,13-17H2,1-2H3/t22-,23+,25+/m0/s1. The fraction of sp³-hybridized carbons (Fsp3) is 0.500. The summed E-state index contributed by atoms with van der Waals surface area (Å²) in [4.78, 5) is 20.5. The van der Waals surface area contributed by atoms with Gasteiger partial charge >= 0.3 is 6.18 Å². The van der Waals surface area contributed by atoms with Gasteiger partial charge in [0.25, 0.3) is 5.91 Å². The molecule has 0 saturated carbocycles. The molecule has 4 rings (SSSR count). The Hall–Kier alpha value is -3.09. The van der Waals surface area contributed by atoms with E-state index in [0.717, 1.165) is 42.5 Å². The maximum absolute atomic E-state index is 13.1. The fourth-order valence-electron chi connectivity index (χ4n) is 5.43. The number of carbonyl (C=O) groups is 1. The lowest BCUT2D eigenvalue weighted by molar-refractivity contribution is -0.137. The van der Waals surface area contributed by atoms with Crippen molar-refractivity contribution in [1.29, 1.82) is 0 Å². The molecule has 37 heavy (non-hydrogen) atoms. The molecular formula is C28H32F3N3O3. The second-order valence-electron chi connectivity index (χ2n) is 9.87. The Morgan fingerprint density at radius 3 is 2.54 bits per heavy atom. The molecule has 0 radical (unpaired) electrons. The molecule has 2 aromatic carbocycles. The Balaban J connectivity index is 1.44. The molecule has 1 N–H and O–H groups in total. The van der Waals surface area contributed by atoms with E-state index in [2.05, 4.69) is 22.7 Å². The second-order valence-corrected chi connectivity index (χ2v) is 9.87. The van der Waals surface area contributed by atoms with Gasteiger partial charge in [-0.1, -0.05) is 6.07 Å². The summed E-state index contributed by atoms with van der Waals surface area (Å²) in [5.74, 6) is 0.467. The summed E-state index contributed by atoms with van der Waals surface area (Å²) in [5, 5.41) is 9.82. The first-order chi connectivity index (χ1) is 17.6. The fourth-order valence-corrected chi connectivity index (χ4v) is 5.43. The number of amides is 1. The molecule has 2 saturated heterocycles. The second kappa shape index (κ2) is 11.1. The normalized spacial score (nSPS) is 21.2. The predicted molar refractivity (Wildman–Crippen MR) is 133 cm³/mol. The number of halogens is 3. The highest BCUT2D eigenvalue weighted by molar-refractivity contribution is 5.94. The van der Waals surface area contributed by atoms with Crippen molar-refractivity contribution in [3.05, 3.63) is 75.6 Å². The van der Waals surface area contributed by atoms with Gasteiger partial charge in [-0.05, 0) is 80.1 Å². The van der Waals surface area contributed by atoms with E-state index in [1.165, 1.54) is 17.7 Å².